The molecule has 0 unspecified atom stereocenters. The van der Waals surface area contributed by atoms with Crippen molar-refractivity contribution in [1.82, 2.24) is 0 Å². The lowest BCUT2D eigenvalue weighted by molar-refractivity contribution is -0.385. The fraction of sp³-hybridized carbons (Fsp3) is 0.0769. The van der Waals surface area contributed by atoms with Crippen LogP contribution in [0.1, 0.15) is 5.56 Å². The second kappa shape index (κ2) is 5.79. The smallest absolute Gasteiger partial charge is 0.274 e. The molecule has 0 aromatic heterocycles. The molecule has 0 aliphatic carbocycles. The van der Waals surface area contributed by atoms with Crippen molar-refractivity contribution in [2.45, 2.75) is 6.54 Å². The number of nitrogens with one attached hydrogen (secondary N) is 1. The summed E-state index contributed by atoms with van der Waals surface area (Å²) in [6.07, 6.45) is 0. The van der Waals surface area contributed by atoms with E-state index in [9.17, 15) is 14.5 Å². The van der Waals surface area contributed by atoms with E-state index in [1.54, 1.807) is 24.3 Å². The molecule has 2 aromatic carbocycles. The summed E-state index contributed by atoms with van der Waals surface area (Å²) in [6.45, 7) is 0.249. The van der Waals surface area contributed by atoms with Gasteiger partial charge in [-0.1, -0.05) is 22.0 Å². The Bertz CT molecular complexity index is 619. The van der Waals surface area contributed by atoms with Gasteiger partial charge >= 0.3 is 0 Å². The van der Waals surface area contributed by atoms with Crippen LogP contribution in [-0.4, -0.2) is 4.92 Å². The average Bonchev–Trinajstić information content (AvgIpc) is 2.36. The Morgan fingerprint density at radius 1 is 1.26 bits per heavy atom. The maximum absolute atomic E-state index is 13.0. The van der Waals surface area contributed by atoms with E-state index in [1.165, 1.54) is 18.2 Å². The minimum atomic E-state index is -0.435. The van der Waals surface area contributed by atoms with Crippen molar-refractivity contribution in [3.8, 4) is 0 Å². The van der Waals surface area contributed by atoms with Gasteiger partial charge in [0.1, 0.15) is 5.82 Å². The van der Waals surface area contributed by atoms with E-state index in [4.69, 9.17) is 0 Å². The third-order valence-electron chi connectivity index (χ3n) is 2.55. The highest BCUT2D eigenvalue weighted by Crippen LogP contribution is 2.24. The topological polar surface area (TPSA) is 55.2 Å². The number of anilines is 1. The van der Waals surface area contributed by atoms with E-state index in [1.807, 2.05) is 0 Å². The molecule has 0 aliphatic rings. The molecule has 0 amide bonds. The van der Waals surface area contributed by atoms with Crippen molar-refractivity contribution in [1.29, 1.82) is 0 Å². The monoisotopic (exact) mass is 324 g/mol. The number of benzene rings is 2. The zero-order valence-corrected chi connectivity index (χ0v) is 11.4. The van der Waals surface area contributed by atoms with Gasteiger partial charge in [0, 0.05) is 28.3 Å². The molecular formula is C13H10BrFN2O2. The van der Waals surface area contributed by atoms with Crippen LogP contribution >= 0.6 is 15.9 Å². The van der Waals surface area contributed by atoms with Crippen LogP contribution in [0.15, 0.2) is 46.9 Å². The molecule has 0 saturated heterocycles. The molecule has 2 rings (SSSR count). The van der Waals surface area contributed by atoms with Gasteiger partial charge < -0.3 is 5.32 Å². The molecule has 19 heavy (non-hydrogen) atoms. The number of hydrogen-bond acceptors (Lipinski definition) is 3. The summed E-state index contributed by atoms with van der Waals surface area (Å²) in [5.74, 6) is -0.353. The van der Waals surface area contributed by atoms with Crippen molar-refractivity contribution in [3.63, 3.8) is 0 Å². The summed E-state index contributed by atoms with van der Waals surface area (Å²) in [5, 5.41) is 13.9. The molecule has 4 nitrogen and oxygen atoms in total. The Labute approximate surface area is 117 Å². The van der Waals surface area contributed by atoms with Crippen LogP contribution in [0, 0.1) is 15.9 Å². The molecule has 0 heterocycles. The fourth-order valence-electron chi connectivity index (χ4n) is 1.67. The minimum Gasteiger partial charge on any atom is -0.381 e. The standard InChI is InChI=1S/C13H10BrFN2O2/c14-10-4-5-13(17(18)19)9(6-10)8-16-12-3-1-2-11(15)7-12/h1-7,16H,8H2. The van der Waals surface area contributed by atoms with Crippen molar-refractivity contribution in [3.05, 3.63) is 68.4 Å². The first kappa shape index (κ1) is 13.5. The van der Waals surface area contributed by atoms with Crippen LogP contribution in [-0.2, 0) is 6.54 Å². The van der Waals surface area contributed by atoms with Gasteiger partial charge in [0.15, 0.2) is 0 Å². The normalized spacial score (nSPS) is 10.2. The Morgan fingerprint density at radius 2 is 2.05 bits per heavy atom. The van der Waals surface area contributed by atoms with Crippen LogP contribution in [0.25, 0.3) is 0 Å². The Balaban J connectivity index is 2.19. The molecule has 0 radical (unpaired) electrons. The number of halogens is 2. The number of nitro benzene ring substituents is 1. The van der Waals surface area contributed by atoms with Gasteiger partial charge in [0.05, 0.1) is 4.92 Å². The molecule has 0 spiro atoms. The van der Waals surface area contributed by atoms with Crippen molar-refractivity contribution < 1.29 is 9.31 Å². The molecule has 0 bridgehead atoms. The summed E-state index contributed by atoms with van der Waals surface area (Å²) in [7, 11) is 0. The molecule has 0 fully saturated rings. The lowest BCUT2D eigenvalue weighted by Gasteiger charge is -2.07. The molecule has 2 aromatic rings. The van der Waals surface area contributed by atoms with E-state index in [0.717, 1.165) is 4.47 Å². The van der Waals surface area contributed by atoms with Gasteiger partial charge in [0.2, 0.25) is 0 Å². The summed E-state index contributed by atoms with van der Waals surface area (Å²) in [5.41, 5.74) is 1.14. The summed E-state index contributed by atoms with van der Waals surface area (Å²) in [4.78, 5) is 10.5. The maximum atomic E-state index is 13.0. The number of nitrogens with zero attached hydrogens (tertiary/aromatic N) is 1. The third-order valence-corrected chi connectivity index (χ3v) is 3.04. The van der Waals surface area contributed by atoms with Crippen LogP contribution in [0.4, 0.5) is 15.8 Å². The van der Waals surface area contributed by atoms with Gasteiger partial charge in [-0.3, -0.25) is 10.1 Å². The third kappa shape index (κ3) is 3.51. The predicted molar refractivity (Wildman–Crippen MR) is 74.5 cm³/mol. The maximum Gasteiger partial charge on any atom is 0.274 e. The highest BCUT2D eigenvalue weighted by Gasteiger charge is 2.13. The Hall–Kier alpha value is -1.95. The van der Waals surface area contributed by atoms with E-state index >= 15 is 0 Å². The average molecular weight is 325 g/mol. The Kier molecular flexibility index (Phi) is 4.11. The minimum absolute atomic E-state index is 0.0344. The summed E-state index contributed by atoms with van der Waals surface area (Å²) >= 11 is 3.27. The van der Waals surface area contributed by atoms with Crippen LogP contribution in [0.3, 0.4) is 0 Å². The first-order valence-corrected chi connectivity index (χ1v) is 6.28. The van der Waals surface area contributed by atoms with E-state index in [-0.39, 0.29) is 18.0 Å². The number of hydrogen-bond donors (Lipinski definition) is 1. The van der Waals surface area contributed by atoms with E-state index in [0.29, 0.717) is 11.3 Å². The zero-order chi connectivity index (χ0) is 13.8. The fourth-order valence-corrected chi connectivity index (χ4v) is 2.08. The molecule has 0 atom stereocenters. The number of rotatable bonds is 4. The first-order valence-electron chi connectivity index (χ1n) is 5.48. The van der Waals surface area contributed by atoms with Gasteiger partial charge in [-0.05, 0) is 30.3 Å². The molecule has 1 N–H and O–H groups in total. The quantitative estimate of drug-likeness (QED) is 0.680. The highest BCUT2D eigenvalue weighted by atomic mass is 79.9. The van der Waals surface area contributed by atoms with Crippen molar-refractivity contribution in [2.75, 3.05) is 5.32 Å². The van der Waals surface area contributed by atoms with Gasteiger partial charge in [0.25, 0.3) is 5.69 Å². The molecule has 98 valence electrons. The zero-order valence-electron chi connectivity index (χ0n) is 9.77. The van der Waals surface area contributed by atoms with Gasteiger partial charge in [-0.25, -0.2) is 4.39 Å². The highest BCUT2D eigenvalue weighted by molar-refractivity contribution is 9.10. The second-order valence-corrected chi connectivity index (χ2v) is 4.81. The molecule has 0 aliphatic heterocycles. The lowest BCUT2D eigenvalue weighted by Crippen LogP contribution is -2.03. The van der Waals surface area contributed by atoms with E-state index in [2.05, 4.69) is 21.2 Å². The first-order chi connectivity index (χ1) is 9.06. The van der Waals surface area contributed by atoms with Crippen LogP contribution < -0.4 is 5.32 Å². The predicted octanol–water partition coefficient (Wildman–Crippen LogP) is 4.11. The number of nitro groups is 1. The lowest BCUT2D eigenvalue weighted by atomic mass is 10.1. The van der Waals surface area contributed by atoms with Crippen LogP contribution in [0.5, 0.6) is 0 Å². The van der Waals surface area contributed by atoms with Crippen molar-refractivity contribution >= 4 is 27.3 Å². The Morgan fingerprint density at radius 3 is 2.74 bits per heavy atom. The molecule has 6 heteroatoms. The summed E-state index contributed by atoms with van der Waals surface area (Å²) in [6, 6.07) is 10.7. The van der Waals surface area contributed by atoms with Gasteiger partial charge in [-0.2, -0.15) is 0 Å². The van der Waals surface area contributed by atoms with Crippen molar-refractivity contribution in [2.24, 2.45) is 0 Å². The molecule has 0 saturated carbocycles. The largest absolute Gasteiger partial charge is 0.381 e. The molecular weight excluding hydrogens is 315 g/mol. The van der Waals surface area contributed by atoms with E-state index < -0.39 is 4.92 Å². The SMILES string of the molecule is O=[N+]([O-])c1ccc(Br)cc1CNc1cccc(F)c1. The van der Waals surface area contributed by atoms with Gasteiger partial charge in [-0.15, -0.1) is 0 Å². The summed E-state index contributed by atoms with van der Waals surface area (Å²) < 4.78 is 13.8. The second-order valence-electron chi connectivity index (χ2n) is 3.89. The van der Waals surface area contributed by atoms with Crippen LogP contribution in [0.2, 0.25) is 0 Å².